The lowest BCUT2D eigenvalue weighted by molar-refractivity contribution is -0.142. The highest BCUT2D eigenvalue weighted by molar-refractivity contribution is 5.95. The molecule has 4 aromatic rings. The summed E-state index contributed by atoms with van der Waals surface area (Å²) in [5.41, 5.74) is -0.474. The van der Waals surface area contributed by atoms with Crippen molar-refractivity contribution in [1.82, 2.24) is 25.1 Å². The zero-order chi connectivity index (χ0) is 19.9. The van der Waals surface area contributed by atoms with Crippen molar-refractivity contribution in [3.63, 3.8) is 0 Å². The molecule has 1 amide bonds. The first kappa shape index (κ1) is 17.8. The molecule has 0 atom stereocenters. The van der Waals surface area contributed by atoms with Crippen molar-refractivity contribution in [3.05, 3.63) is 66.2 Å². The van der Waals surface area contributed by atoms with Crippen molar-refractivity contribution in [1.29, 1.82) is 0 Å². The molecule has 6 nitrogen and oxygen atoms in total. The Morgan fingerprint density at radius 2 is 1.86 bits per heavy atom. The number of imidazole rings is 1. The lowest BCUT2D eigenvalue weighted by Crippen LogP contribution is -2.22. The Balaban J connectivity index is 1.89. The summed E-state index contributed by atoms with van der Waals surface area (Å²) in [6, 6.07) is 13.8. The molecule has 0 saturated heterocycles. The van der Waals surface area contributed by atoms with E-state index in [0.717, 1.165) is 23.2 Å². The molecule has 0 spiro atoms. The van der Waals surface area contributed by atoms with E-state index in [1.165, 1.54) is 7.05 Å². The number of carbonyl (C=O) groups excluding carboxylic acids is 1. The van der Waals surface area contributed by atoms with Crippen LogP contribution in [0.2, 0.25) is 0 Å². The fourth-order valence-electron chi connectivity index (χ4n) is 2.97. The molecule has 28 heavy (non-hydrogen) atoms. The number of nitrogens with zero attached hydrogens (tertiary/aromatic N) is 3. The number of H-pyrrole nitrogens is 1. The molecule has 0 fully saturated rings. The topological polar surface area (TPSA) is 75.6 Å². The van der Waals surface area contributed by atoms with Crippen LogP contribution in [-0.2, 0) is 6.18 Å². The van der Waals surface area contributed by atoms with Gasteiger partial charge in [-0.15, -0.1) is 0 Å². The molecule has 0 unspecified atom stereocenters. The number of nitrogens with one attached hydrogen (secondary N) is 2. The van der Waals surface area contributed by atoms with Crippen molar-refractivity contribution in [2.75, 3.05) is 7.05 Å². The third kappa shape index (κ3) is 3.00. The molecule has 0 aliphatic carbocycles. The van der Waals surface area contributed by atoms with Crippen molar-refractivity contribution in [2.45, 2.75) is 6.18 Å². The Bertz CT molecular complexity index is 1180. The summed E-state index contributed by atoms with van der Waals surface area (Å²) in [5.74, 6) is -0.818. The van der Waals surface area contributed by atoms with Crippen LogP contribution in [0.4, 0.5) is 13.2 Å². The summed E-state index contributed by atoms with van der Waals surface area (Å²) in [4.78, 5) is 18.4. The highest BCUT2D eigenvalue weighted by Crippen LogP contribution is 2.34. The van der Waals surface area contributed by atoms with E-state index in [4.69, 9.17) is 0 Å². The molecular formula is C19H14F3N5O. The van der Waals surface area contributed by atoms with Gasteiger partial charge in [0.15, 0.2) is 17.2 Å². The van der Waals surface area contributed by atoms with Gasteiger partial charge in [0.2, 0.25) is 0 Å². The zero-order valence-electron chi connectivity index (χ0n) is 14.6. The van der Waals surface area contributed by atoms with Gasteiger partial charge in [-0.3, -0.25) is 4.79 Å². The molecule has 0 aliphatic rings. The van der Waals surface area contributed by atoms with E-state index in [0.29, 0.717) is 10.2 Å². The van der Waals surface area contributed by atoms with Crippen LogP contribution in [0.15, 0.2) is 54.9 Å². The summed E-state index contributed by atoms with van der Waals surface area (Å²) < 4.78 is 41.6. The molecule has 0 radical (unpaired) electrons. The van der Waals surface area contributed by atoms with Crippen LogP contribution in [0, 0.1) is 0 Å². The van der Waals surface area contributed by atoms with E-state index in [-0.39, 0.29) is 17.2 Å². The quantitative estimate of drug-likeness (QED) is 0.563. The van der Waals surface area contributed by atoms with E-state index >= 15 is 0 Å². The van der Waals surface area contributed by atoms with Gasteiger partial charge in [-0.05, 0) is 22.9 Å². The second kappa shape index (κ2) is 6.52. The average molecular weight is 385 g/mol. The molecule has 4 rings (SSSR count). The van der Waals surface area contributed by atoms with Gasteiger partial charge in [-0.25, -0.2) is 9.67 Å². The predicted molar refractivity (Wildman–Crippen MR) is 97.0 cm³/mol. The smallest absolute Gasteiger partial charge is 0.354 e. The van der Waals surface area contributed by atoms with E-state index in [1.54, 1.807) is 12.1 Å². The number of alkyl halides is 3. The summed E-state index contributed by atoms with van der Waals surface area (Å²) in [6.07, 6.45) is -3.53. The number of aromatic amines is 1. The first-order chi connectivity index (χ1) is 13.4. The number of hydrogen-bond acceptors (Lipinski definition) is 3. The number of aromatic nitrogens is 4. The van der Waals surface area contributed by atoms with Crippen molar-refractivity contribution < 1.29 is 18.0 Å². The summed E-state index contributed by atoms with van der Waals surface area (Å²) >= 11 is 0. The van der Waals surface area contributed by atoms with Crippen molar-refractivity contribution >= 4 is 16.7 Å². The van der Waals surface area contributed by atoms with Gasteiger partial charge < -0.3 is 10.3 Å². The number of hydrogen-bond donors (Lipinski definition) is 2. The van der Waals surface area contributed by atoms with Gasteiger partial charge in [-0.2, -0.15) is 18.3 Å². The number of halogens is 3. The summed E-state index contributed by atoms with van der Waals surface area (Å²) in [7, 11) is 1.38. The maximum absolute atomic E-state index is 13.6. The molecule has 0 saturated carbocycles. The lowest BCUT2D eigenvalue weighted by Gasteiger charge is -2.09. The van der Waals surface area contributed by atoms with E-state index in [1.807, 2.05) is 30.3 Å². The highest BCUT2D eigenvalue weighted by Gasteiger charge is 2.38. The van der Waals surface area contributed by atoms with Gasteiger partial charge >= 0.3 is 6.18 Å². The molecule has 142 valence electrons. The number of rotatable bonds is 3. The van der Waals surface area contributed by atoms with E-state index in [2.05, 4.69) is 20.4 Å². The Hall–Kier alpha value is -3.62. The molecule has 2 aromatic carbocycles. The van der Waals surface area contributed by atoms with Crippen LogP contribution in [0.25, 0.3) is 27.8 Å². The second-order valence-electron chi connectivity index (χ2n) is 6.07. The minimum absolute atomic E-state index is 0.110. The normalized spacial score (nSPS) is 11.7. The average Bonchev–Trinajstić information content (AvgIpc) is 3.33. The largest absolute Gasteiger partial charge is 0.433 e. The minimum atomic E-state index is -4.68. The number of fused-ring (bicyclic) bond motifs is 1. The van der Waals surface area contributed by atoms with Crippen molar-refractivity contribution in [3.8, 4) is 17.1 Å². The van der Waals surface area contributed by atoms with Crippen LogP contribution in [0.3, 0.4) is 0 Å². The van der Waals surface area contributed by atoms with Gasteiger partial charge in [0.05, 0.1) is 12.0 Å². The molecule has 9 heteroatoms. The lowest BCUT2D eigenvalue weighted by atomic mass is 10.1. The summed E-state index contributed by atoms with van der Waals surface area (Å²) in [5, 5.41) is 8.32. The monoisotopic (exact) mass is 385 g/mol. The highest BCUT2D eigenvalue weighted by atomic mass is 19.4. The Morgan fingerprint density at radius 3 is 2.57 bits per heavy atom. The Labute approximate surface area is 157 Å². The predicted octanol–water partition coefficient (Wildman–Crippen LogP) is 3.79. The minimum Gasteiger partial charge on any atom is -0.354 e. The molecule has 2 heterocycles. The fraction of sp³-hybridized carbons (Fsp3) is 0.105. The standard InChI is InChI=1S/C19H14F3N5O/c1-23-18(28)16-17(25-10-24-16)27-15(19(20,21)22)9-14(26-27)13-7-6-11-4-2-3-5-12(11)8-13/h2-10H,1H3,(H,23,28)(H,24,25). The van der Waals surface area contributed by atoms with E-state index < -0.39 is 17.8 Å². The SMILES string of the molecule is CNC(=O)c1[nH]cnc1-n1nc(-c2ccc3ccccc3c2)cc1C(F)(F)F. The van der Waals surface area contributed by atoms with Gasteiger partial charge in [0.25, 0.3) is 5.91 Å². The third-order valence-electron chi connectivity index (χ3n) is 4.32. The van der Waals surface area contributed by atoms with E-state index in [9.17, 15) is 18.0 Å². The first-order valence-corrected chi connectivity index (χ1v) is 8.31. The Morgan fingerprint density at radius 1 is 1.11 bits per heavy atom. The number of carbonyl (C=O) groups is 1. The number of benzene rings is 2. The van der Waals surface area contributed by atoms with Gasteiger partial charge in [0.1, 0.15) is 0 Å². The van der Waals surface area contributed by atoms with Crippen LogP contribution < -0.4 is 5.32 Å². The first-order valence-electron chi connectivity index (χ1n) is 8.31. The molecule has 2 N–H and O–H groups in total. The van der Waals surface area contributed by atoms with Crippen LogP contribution in [0.1, 0.15) is 16.2 Å². The fourth-order valence-corrected chi connectivity index (χ4v) is 2.97. The second-order valence-corrected chi connectivity index (χ2v) is 6.07. The van der Waals surface area contributed by atoms with Gasteiger partial charge in [-0.1, -0.05) is 36.4 Å². The Kier molecular flexibility index (Phi) is 4.14. The van der Waals surface area contributed by atoms with Crippen LogP contribution in [-0.4, -0.2) is 32.7 Å². The number of amides is 1. The maximum atomic E-state index is 13.6. The molecular weight excluding hydrogens is 371 g/mol. The molecule has 2 aromatic heterocycles. The molecule has 0 bridgehead atoms. The van der Waals surface area contributed by atoms with Crippen LogP contribution in [0.5, 0.6) is 0 Å². The third-order valence-corrected chi connectivity index (χ3v) is 4.32. The zero-order valence-corrected chi connectivity index (χ0v) is 14.6. The van der Waals surface area contributed by atoms with Crippen molar-refractivity contribution in [2.24, 2.45) is 0 Å². The summed E-state index contributed by atoms with van der Waals surface area (Å²) in [6.45, 7) is 0. The maximum Gasteiger partial charge on any atom is 0.433 e. The van der Waals surface area contributed by atoms with Crippen LogP contribution >= 0.6 is 0 Å². The van der Waals surface area contributed by atoms with Gasteiger partial charge in [0, 0.05) is 12.6 Å². The molecule has 0 aliphatic heterocycles.